The Kier molecular flexibility index (Phi) is 6.90. The van der Waals surface area contributed by atoms with E-state index in [1.165, 1.54) is 42.5 Å². The van der Waals surface area contributed by atoms with Crippen molar-refractivity contribution in [2.45, 2.75) is 11.9 Å². The third-order valence-electron chi connectivity index (χ3n) is 3.77. The Hall–Kier alpha value is -3.41. The van der Waals surface area contributed by atoms with E-state index < -0.39 is 23.5 Å². The highest BCUT2D eigenvalue weighted by Crippen LogP contribution is 2.34. The molecule has 0 saturated heterocycles. The van der Waals surface area contributed by atoms with Crippen LogP contribution in [0.3, 0.4) is 0 Å². The summed E-state index contributed by atoms with van der Waals surface area (Å²) in [7, 11) is 0. The Morgan fingerprint density at radius 2 is 1.74 bits per heavy atom. The highest BCUT2D eigenvalue weighted by Gasteiger charge is 2.33. The van der Waals surface area contributed by atoms with Gasteiger partial charge in [-0.25, -0.2) is 4.39 Å². The zero-order chi connectivity index (χ0) is 22.4. The Bertz CT molecular complexity index is 1060. The molecule has 162 valence electrons. The molecule has 0 aliphatic heterocycles. The van der Waals surface area contributed by atoms with Crippen molar-refractivity contribution in [3.63, 3.8) is 0 Å². The molecule has 0 bridgehead atoms. The fourth-order valence-electron chi connectivity index (χ4n) is 2.48. The van der Waals surface area contributed by atoms with Crippen LogP contribution in [0, 0.1) is 5.82 Å². The van der Waals surface area contributed by atoms with Gasteiger partial charge in [0.2, 0.25) is 17.8 Å². The van der Waals surface area contributed by atoms with E-state index in [0.717, 1.165) is 17.8 Å². The second-order valence-electron chi connectivity index (χ2n) is 6.15. The van der Waals surface area contributed by atoms with E-state index in [1.807, 2.05) is 0 Å². The van der Waals surface area contributed by atoms with Gasteiger partial charge in [-0.05, 0) is 36.4 Å². The number of para-hydroxylation sites is 1. The number of nitrogen functional groups attached to an aromatic ring is 1. The summed E-state index contributed by atoms with van der Waals surface area (Å²) >= 11 is 1.09. The molecule has 4 N–H and O–H groups in total. The molecule has 2 aromatic carbocycles. The van der Waals surface area contributed by atoms with Crippen LogP contribution in [0.1, 0.15) is 11.4 Å². The molecule has 1 aromatic heterocycles. The summed E-state index contributed by atoms with van der Waals surface area (Å²) in [6, 6.07) is 10.2. The molecule has 0 fully saturated rings. The number of nitrogens with zero attached hydrogens (tertiary/aromatic N) is 3. The largest absolute Gasteiger partial charge is 0.418 e. The molecule has 0 aliphatic carbocycles. The van der Waals surface area contributed by atoms with Crippen LogP contribution < -0.4 is 16.4 Å². The third-order valence-corrected chi connectivity index (χ3v) is 4.70. The number of alkyl halides is 3. The van der Waals surface area contributed by atoms with Gasteiger partial charge in [0.05, 0.1) is 22.8 Å². The summed E-state index contributed by atoms with van der Waals surface area (Å²) in [5.74, 6) is -0.609. The smallest absolute Gasteiger partial charge is 0.368 e. The molecule has 12 heteroatoms. The highest BCUT2D eigenvalue weighted by atomic mass is 32.2. The van der Waals surface area contributed by atoms with Gasteiger partial charge in [-0.1, -0.05) is 12.1 Å². The van der Waals surface area contributed by atoms with Crippen molar-refractivity contribution in [3.05, 3.63) is 65.7 Å². The minimum absolute atomic E-state index is 0.0567. The number of rotatable bonds is 7. The summed E-state index contributed by atoms with van der Waals surface area (Å²) in [5.41, 5.74) is 4.98. The van der Waals surface area contributed by atoms with Gasteiger partial charge < -0.3 is 16.4 Å². The van der Waals surface area contributed by atoms with Crippen LogP contribution in [0.2, 0.25) is 0 Å². The lowest BCUT2D eigenvalue weighted by atomic mass is 10.1. The van der Waals surface area contributed by atoms with Gasteiger partial charge in [-0.3, -0.25) is 4.79 Å². The number of carbonyl (C=O) groups is 1. The number of benzene rings is 2. The van der Waals surface area contributed by atoms with Crippen LogP contribution >= 0.6 is 11.8 Å². The number of hydrogen-bond acceptors (Lipinski definition) is 7. The van der Waals surface area contributed by atoms with Crippen LogP contribution in [0.25, 0.3) is 0 Å². The lowest BCUT2D eigenvalue weighted by Gasteiger charge is -2.13. The van der Waals surface area contributed by atoms with Gasteiger partial charge >= 0.3 is 6.18 Å². The van der Waals surface area contributed by atoms with Gasteiger partial charge in [-0.2, -0.15) is 28.1 Å². The minimum Gasteiger partial charge on any atom is -0.368 e. The number of anilines is 4. The van der Waals surface area contributed by atoms with Gasteiger partial charge in [-0.15, -0.1) is 11.8 Å². The number of nitrogens with one attached hydrogen (secondary N) is 2. The minimum atomic E-state index is -4.58. The van der Waals surface area contributed by atoms with Crippen molar-refractivity contribution in [2.24, 2.45) is 0 Å². The first-order valence-electron chi connectivity index (χ1n) is 8.77. The average Bonchev–Trinajstić information content (AvgIpc) is 2.69. The van der Waals surface area contributed by atoms with Crippen molar-refractivity contribution < 1.29 is 22.4 Å². The Morgan fingerprint density at radius 3 is 2.45 bits per heavy atom. The summed E-state index contributed by atoms with van der Waals surface area (Å²) in [5, 5.41) is 5.12. The van der Waals surface area contributed by atoms with E-state index in [0.29, 0.717) is 5.69 Å². The van der Waals surface area contributed by atoms with Crippen LogP contribution in [0.4, 0.5) is 40.8 Å². The lowest BCUT2D eigenvalue weighted by Crippen LogP contribution is -2.18. The van der Waals surface area contributed by atoms with Gasteiger partial charge in [0.25, 0.3) is 0 Å². The molecule has 0 atom stereocenters. The normalized spacial score (nSPS) is 11.2. The summed E-state index contributed by atoms with van der Waals surface area (Å²) in [4.78, 5) is 24.1. The Balaban J connectivity index is 1.57. The van der Waals surface area contributed by atoms with E-state index in [9.17, 15) is 22.4 Å². The van der Waals surface area contributed by atoms with Crippen molar-refractivity contribution in [1.29, 1.82) is 0 Å². The zero-order valence-corrected chi connectivity index (χ0v) is 16.6. The maximum atomic E-state index is 13.0. The number of amides is 1. The molecule has 0 aliphatic rings. The zero-order valence-electron chi connectivity index (χ0n) is 15.8. The summed E-state index contributed by atoms with van der Waals surface area (Å²) in [6.45, 7) is 0. The molecule has 7 nitrogen and oxygen atoms in total. The first kappa shape index (κ1) is 22.3. The first-order chi connectivity index (χ1) is 14.7. The third kappa shape index (κ3) is 6.54. The first-order valence-corrected chi connectivity index (χ1v) is 9.93. The average molecular weight is 452 g/mol. The van der Waals surface area contributed by atoms with Crippen LogP contribution in [0.15, 0.2) is 48.5 Å². The van der Waals surface area contributed by atoms with E-state index in [4.69, 9.17) is 5.73 Å². The van der Waals surface area contributed by atoms with Crippen LogP contribution in [-0.2, 0) is 16.7 Å². The molecule has 0 radical (unpaired) electrons. The van der Waals surface area contributed by atoms with E-state index in [-0.39, 0.29) is 34.9 Å². The monoisotopic (exact) mass is 452 g/mol. The predicted octanol–water partition coefficient (Wildman–Crippen LogP) is 4.23. The fraction of sp³-hybridized carbons (Fsp3) is 0.158. The number of hydrogen-bond donors (Lipinski definition) is 3. The predicted molar refractivity (Wildman–Crippen MR) is 110 cm³/mol. The van der Waals surface area contributed by atoms with Crippen LogP contribution in [-0.4, -0.2) is 26.6 Å². The number of carbonyl (C=O) groups excluding carboxylic acids is 1. The molecule has 0 spiro atoms. The molecular formula is C19H16F4N6OS. The standard InChI is InChI=1S/C19H16F4N6OS/c20-11-5-7-12(8-6-11)25-18-28-15(27-17(24)29-18)9-31-10-16(30)26-14-4-2-1-3-13(14)19(21,22)23/h1-8H,9-10H2,(H,26,30)(H3,24,25,27,28,29). The summed E-state index contributed by atoms with van der Waals surface area (Å²) < 4.78 is 52.0. The topological polar surface area (TPSA) is 106 Å². The van der Waals surface area contributed by atoms with Crippen molar-refractivity contribution in [2.75, 3.05) is 22.1 Å². The molecule has 31 heavy (non-hydrogen) atoms. The fourth-order valence-corrected chi connectivity index (χ4v) is 3.15. The quantitative estimate of drug-likeness (QED) is 0.461. The van der Waals surface area contributed by atoms with Gasteiger partial charge in [0.15, 0.2) is 0 Å². The Morgan fingerprint density at radius 1 is 1.03 bits per heavy atom. The molecule has 0 unspecified atom stereocenters. The molecule has 3 rings (SSSR count). The Labute approximate surface area is 178 Å². The highest BCUT2D eigenvalue weighted by molar-refractivity contribution is 7.99. The molecular weight excluding hydrogens is 436 g/mol. The second-order valence-corrected chi connectivity index (χ2v) is 7.14. The second kappa shape index (κ2) is 9.60. The molecule has 1 amide bonds. The maximum absolute atomic E-state index is 13.0. The van der Waals surface area contributed by atoms with E-state index in [2.05, 4.69) is 25.6 Å². The van der Waals surface area contributed by atoms with Crippen LogP contribution in [0.5, 0.6) is 0 Å². The molecule has 3 aromatic rings. The molecule has 0 saturated carbocycles. The molecule has 1 heterocycles. The van der Waals surface area contributed by atoms with Gasteiger partial charge in [0.1, 0.15) is 11.6 Å². The summed E-state index contributed by atoms with van der Waals surface area (Å²) in [6.07, 6.45) is -4.58. The van der Waals surface area contributed by atoms with Crippen molar-refractivity contribution in [3.8, 4) is 0 Å². The van der Waals surface area contributed by atoms with Gasteiger partial charge in [0, 0.05) is 5.69 Å². The maximum Gasteiger partial charge on any atom is 0.418 e. The van der Waals surface area contributed by atoms with Crippen molar-refractivity contribution >= 4 is 40.9 Å². The number of thioether (sulfide) groups is 1. The number of nitrogens with two attached hydrogens (primary N) is 1. The van der Waals surface area contributed by atoms with E-state index in [1.54, 1.807) is 0 Å². The van der Waals surface area contributed by atoms with Crippen molar-refractivity contribution in [1.82, 2.24) is 15.0 Å². The lowest BCUT2D eigenvalue weighted by molar-refractivity contribution is -0.137. The number of halogens is 4. The van der Waals surface area contributed by atoms with E-state index >= 15 is 0 Å². The SMILES string of the molecule is Nc1nc(CSCC(=O)Nc2ccccc2C(F)(F)F)nc(Nc2ccc(F)cc2)n1. The number of aromatic nitrogens is 3.